The molecule has 0 saturated heterocycles. The molecule has 0 aliphatic carbocycles. The molecule has 0 spiro atoms. The minimum absolute atomic E-state index is 0.473. The maximum absolute atomic E-state index is 4.52. The van der Waals surface area contributed by atoms with Gasteiger partial charge < -0.3 is 5.32 Å². The van der Waals surface area contributed by atoms with Gasteiger partial charge in [0.15, 0.2) is 0 Å². The fourth-order valence-corrected chi connectivity index (χ4v) is 3.55. The van der Waals surface area contributed by atoms with Crippen molar-refractivity contribution in [2.75, 3.05) is 12.8 Å². The second-order valence-electron chi connectivity index (χ2n) is 4.20. The van der Waals surface area contributed by atoms with Crippen LogP contribution >= 0.6 is 23.1 Å². The Labute approximate surface area is 117 Å². The fourth-order valence-electron chi connectivity index (χ4n) is 1.67. The van der Waals surface area contributed by atoms with Gasteiger partial charge in [-0.15, -0.1) is 23.1 Å². The molecule has 0 aliphatic heterocycles. The number of aromatic nitrogens is 1. The van der Waals surface area contributed by atoms with Gasteiger partial charge in [-0.1, -0.05) is 18.2 Å². The lowest BCUT2D eigenvalue weighted by atomic mass is 10.2. The number of aryl methyl sites for hydroxylation is 1. The van der Waals surface area contributed by atoms with Crippen molar-refractivity contribution in [1.82, 2.24) is 10.3 Å². The van der Waals surface area contributed by atoms with Crippen LogP contribution in [0.3, 0.4) is 0 Å². The zero-order valence-corrected chi connectivity index (χ0v) is 12.4. The number of thiazole rings is 1. The molecule has 0 aliphatic rings. The third-order valence-electron chi connectivity index (χ3n) is 2.69. The van der Waals surface area contributed by atoms with Crippen molar-refractivity contribution in [1.29, 1.82) is 0 Å². The average Bonchev–Trinajstić information content (AvgIpc) is 2.81. The Morgan fingerprint density at radius 3 is 2.72 bits per heavy atom. The largest absolute Gasteiger partial charge is 0.316 e. The first-order chi connectivity index (χ1) is 8.78. The molecule has 1 heterocycles. The summed E-state index contributed by atoms with van der Waals surface area (Å²) < 4.78 is 0. The number of hydrogen-bond acceptors (Lipinski definition) is 4. The zero-order valence-electron chi connectivity index (χ0n) is 10.7. The highest BCUT2D eigenvalue weighted by atomic mass is 32.2. The van der Waals surface area contributed by atoms with E-state index in [1.54, 1.807) is 11.3 Å². The van der Waals surface area contributed by atoms with E-state index in [1.165, 1.54) is 9.90 Å². The zero-order chi connectivity index (χ0) is 12.8. The molecular weight excluding hydrogens is 260 g/mol. The highest BCUT2D eigenvalue weighted by Crippen LogP contribution is 2.20. The molecule has 2 nitrogen and oxygen atoms in total. The van der Waals surface area contributed by atoms with E-state index in [0.717, 1.165) is 17.9 Å². The van der Waals surface area contributed by atoms with Crippen LogP contribution in [-0.2, 0) is 6.42 Å². The number of nitrogens with zero attached hydrogens (tertiary/aromatic N) is 1. The molecule has 0 radical (unpaired) electrons. The van der Waals surface area contributed by atoms with Crippen molar-refractivity contribution in [2.45, 2.75) is 24.3 Å². The van der Waals surface area contributed by atoms with Gasteiger partial charge in [-0.05, 0) is 26.1 Å². The van der Waals surface area contributed by atoms with Crippen LogP contribution in [0.25, 0.3) is 0 Å². The molecule has 18 heavy (non-hydrogen) atoms. The van der Waals surface area contributed by atoms with Gasteiger partial charge in [-0.3, -0.25) is 0 Å². The summed E-state index contributed by atoms with van der Waals surface area (Å²) >= 11 is 3.65. The van der Waals surface area contributed by atoms with E-state index in [0.29, 0.717) is 6.04 Å². The fraction of sp³-hybridized carbons (Fsp3) is 0.357. The minimum Gasteiger partial charge on any atom is -0.316 e. The molecule has 1 N–H and O–H groups in total. The van der Waals surface area contributed by atoms with Crippen molar-refractivity contribution in [3.05, 3.63) is 46.4 Å². The number of rotatable bonds is 6. The van der Waals surface area contributed by atoms with Gasteiger partial charge in [0.05, 0.1) is 5.01 Å². The van der Waals surface area contributed by atoms with Crippen LogP contribution < -0.4 is 5.32 Å². The van der Waals surface area contributed by atoms with Gasteiger partial charge >= 0.3 is 0 Å². The van der Waals surface area contributed by atoms with Crippen LogP contribution in [0.5, 0.6) is 0 Å². The average molecular weight is 278 g/mol. The molecule has 1 aromatic heterocycles. The topological polar surface area (TPSA) is 24.9 Å². The lowest BCUT2D eigenvalue weighted by molar-refractivity contribution is 0.615. The van der Waals surface area contributed by atoms with Gasteiger partial charge in [0.2, 0.25) is 0 Å². The normalized spacial score (nSPS) is 12.6. The molecule has 4 heteroatoms. The van der Waals surface area contributed by atoms with E-state index >= 15 is 0 Å². The number of thioether (sulfide) groups is 1. The number of benzene rings is 1. The van der Waals surface area contributed by atoms with E-state index in [9.17, 15) is 0 Å². The summed E-state index contributed by atoms with van der Waals surface area (Å²) in [6.07, 6.45) is 1.01. The second kappa shape index (κ2) is 6.92. The van der Waals surface area contributed by atoms with Crippen LogP contribution in [0, 0.1) is 6.92 Å². The third-order valence-corrected chi connectivity index (χ3v) is 4.85. The van der Waals surface area contributed by atoms with Crippen molar-refractivity contribution in [3.63, 3.8) is 0 Å². The number of nitrogens with one attached hydrogen (secondary N) is 1. The third kappa shape index (κ3) is 4.12. The van der Waals surface area contributed by atoms with E-state index < -0.39 is 0 Å². The maximum atomic E-state index is 4.52. The summed E-state index contributed by atoms with van der Waals surface area (Å²) in [6, 6.07) is 11.0. The number of hydrogen-bond donors (Lipinski definition) is 1. The molecule has 1 aromatic carbocycles. The maximum Gasteiger partial charge on any atom is 0.0943 e. The smallest absolute Gasteiger partial charge is 0.0943 e. The molecule has 0 fully saturated rings. The van der Waals surface area contributed by atoms with Gasteiger partial charge in [-0.25, -0.2) is 4.98 Å². The van der Waals surface area contributed by atoms with E-state index in [1.807, 2.05) is 25.7 Å². The first-order valence-electron chi connectivity index (χ1n) is 6.04. The minimum atomic E-state index is 0.473. The lowest BCUT2D eigenvalue weighted by Crippen LogP contribution is -2.30. The molecule has 96 valence electrons. The van der Waals surface area contributed by atoms with Crippen molar-refractivity contribution < 1.29 is 0 Å². The number of likely N-dealkylation sites (N-methyl/N-ethyl adjacent to an activating group) is 1. The van der Waals surface area contributed by atoms with E-state index in [2.05, 4.69) is 46.0 Å². The molecule has 1 unspecified atom stereocenters. The summed E-state index contributed by atoms with van der Waals surface area (Å²) in [5, 5.41) is 6.72. The van der Waals surface area contributed by atoms with Gasteiger partial charge in [0.1, 0.15) is 0 Å². The van der Waals surface area contributed by atoms with Gasteiger partial charge in [0.25, 0.3) is 0 Å². The highest BCUT2D eigenvalue weighted by Gasteiger charge is 2.10. The quantitative estimate of drug-likeness (QED) is 0.820. The molecule has 2 aromatic rings. The summed E-state index contributed by atoms with van der Waals surface area (Å²) in [5.41, 5.74) is 1.13. The van der Waals surface area contributed by atoms with Crippen molar-refractivity contribution in [3.8, 4) is 0 Å². The molecule has 0 amide bonds. The Morgan fingerprint density at radius 1 is 1.33 bits per heavy atom. The Morgan fingerprint density at radius 2 is 2.11 bits per heavy atom. The molecule has 0 saturated carbocycles. The highest BCUT2D eigenvalue weighted by molar-refractivity contribution is 7.99. The molecule has 1 atom stereocenters. The van der Waals surface area contributed by atoms with Crippen molar-refractivity contribution in [2.24, 2.45) is 0 Å². The van der Waals surface area contributed by atoms with Gasteiger partial charge in [-0.2, -0.15) is 0 Å². The predicted molar refractivity (Wildman–Crippen MR) is 80.6 cm³/mol. The monoisotopic (exact) mass is 278 g/mol. The standard InChI is InChI=1S/C14H18N2S2/c1-11-9-18-14(16-11)8-12(15-2)10-17-13-6-4-3-5-7-13/h3-7,9,12,15H,8,10H2,1-2H3. The molecular formula is C14H18N2S2. The predicted octanol–water partition coefficient (Wildman–Crippen LogP) is 3.37. The SMILES string of the molecule is CNC(CSc1ccccc1)Cc1nc(C)cs1. The van der Waals surface area contributed by atoms with Crippen LogP contribution in [0.15, 0.2) is 40.6 Å². The first kappa shape index (κ1) is 13.6. The van der Waals surface area contributed by atoms with Crippen molar-refractivity contribution >= 4 is 23.1 Å². The summed E-state index contributed by atoms with van der Waals surface area (Å²) in [4.78, 5) is 5.85. The van der Waals surface area contributed by atoms with Crippen LogP contribution in [0.2, 0.25) is 0 Å². The van der Waals surface area contributed by atoms with Crippen LogP contribution in [-0.4, -0.2) is 23.8 Å². The summed E-state index contributed by atoms with van der Waals surface area (Å²) in [6.45, 7) is 2.05. The van der Waals surface area contributed by atoms with Gasteiger partial charge in [0, 0.05) is 34.2 Å². The Balaban J connectivity index is 1.86. The Kier molecular flexibility index (Phi) is 5.23. The van der Waals surface area contributed by atoms with E-state index in [-0.39, 0.29) is 0 Å². The van der Waals surface area contributed by atoms with Crippen LogP contribution in [0.4, 0.5) is 0 Å². The molecule has 2 rings (SSSR count). The Hall–Kier alpha value is -0.840. The summed E-state index contributed by atoms with van der Waals surface area (Å²) in [7, 11) is 2.02. The lowest BCUT2D eigenvalue weighted by Gasteiger charge is -2.14. The van der Waals surface area contributed by atoms with E-state index in [4.69, 9.17) is 0 Å². The second-order valence-corrected chi connectivity index (χ2v) is 6.23. The molecule has 0 bridgehead atoms. The Bertz CT molecular complexity index is 468. The summed E-state index contributed by atoms with van der Waals surface area (Å²) in [5.74, 6) is 1.07. The van der Waals surface area contributed by atoms with Crippen LogP contribution in [0.1, 0.15) is 10.7 Å². The first-order valence-corrected chi connectivity index (χ1v) is 7.90.